The number of sulfonamides is 1. The summed E-state index contributed by atoms with van der Waals surface area (Å²) in [6.45, 7) is 1.47. The lowest BCUT2D eigenvalue weighted by molar-refractivity contribution is -0.132. The molecule has 1 fully saturated rings. The molecule has 144 valence electrons. The number of piperidine rings is 1. The highest BCUT2D eigenvalue weighted by Crippen LogP contribution is 2.24. The molecular weight excluding hydrogens is 384 g/mol. The second-order valence-electron chi connectivity index (χ2n) is 6.68. The van der Waals surface area contributed by atoms with Crippen LogP contribution in [0.3, 0.4) is 0 Å². The topological polar surface area (TPSA) is 66.5 Å². The fourth-order valence-corrected chi connectivity index (χ4v) is 4.60. The number of halogens is 1. The van der Waals surface area contributed by atoms with E-state index in [0.717, 1.165) is 32.4 Å². The van der Waals surface area contributed by atoms with Gasteiger partial charge in [0, 0.05) is 24.5 Å². The summed E-state index contributed by atoms with van der Waals surface area (Å²) in [5, 5.41) is 0.561. The molecule has 0 aliphatic carbocycles. The van der Waals surface area contributed by atoms with Gasteiger partial charge in [-0.3, -0.25) is 4.79 Å². The van der Waals surface area contributed by atoms with Crippen LogP contribution < -0.4 is 4.72 Å². The van der Waals surface area contributed by atoms with Crippen molar-refractivity contribution in [2.24, 2.45) is 0 Å². The van der Waals surface area contributed by atoms with Crippen molar-refractivity contribution in [3.05, 3.63) is 65.2 Å². The monoisotopic (exact) mass is 406 g/mol. The summed E-state index contributed by atoms with van der Waals surface area (Å²) in [7, 11) is -3.75. The Morgan fingerprint density at radius 1 is 1.00 bits per heavy atom. The molecule has 2 aromatic rings. The number of rotatable bonds is 6. The Labute approximate surface area is 165 Å². The third-order valence-corrected chi connectivity index (χ3v) is 6.45. The SMILES string of the molecule is O=C(C[C@H](NS(=O)(=O)c1ccccc1)c1ccc(Cl)cc1)N1CCCCC1. The van der Waals surface area contributed by atoms with Gasteiger partial charge in [0.05, 0.1) is 10.9 Å². The third kappa shape index (κ3) is 5.31. The first kappa shape index (κ1) is 19.9. The van der Waals surface area contributed by atoms with Crippen LogP contribution in [0.4, 0.5) is 0 Å². The molecule has 0 radical (unpaired) electrons. The van der Waals surface area contributed by atoms with Crippen molar-refractivity contribution in [3.63, 3.8) is 0 Å². The molecule has 1 heterocycles. The molecule has 2 aromatic carbocycles. The van der Waals surface area contributed by atoms with E-state index in [1.165, 1.54) is 12.1 Å². The van der Waals surface area contributed by atoms with Crippen LogP contribution in [-0.2, 0) is 14.8 Å². The van der Waals surface area contributed by atoms with Crippen molar-refractivity contribution >= 4 is 27.5 Å². The molecule has 1 N–H and O–H groups in total. The van der Waals surface area contributed by atoms with E-state index >= 15 is 0 Å². The van der Waals surface area contributed by atoms with Crippen LogP contribution in [-0.4, -0.2) is 32.3 Å². The van der Waals surface area contributed by atoms with Gasteiger partial charge in [-0.2, -0.15) is 0 Å². The molecule has 1 saturated heterocycles. The van der Waals surface area contributed by atoms with Crippen LogP contribution in [0, 0.1) is 0 Å². The molecule has 27 heavy (non-hydrogen) atoms. The molecule has 0 saturated carbocycles. The first-order chi connectivity index (χ1) is 13.0. The summed E-state index contributed by atoms with van der Waals surface area (Å²) >= 11 is 5.96. The van der Waals surface area contributed by atoms with E-state index in [0.29, 0.717) is 10.6 Å². The van der Waals surface area contributed by atoms with Crippen LogP contribution in [0.25, 0.3) is 0 Å². The van der Waals surface area contributed by atoms with Gasteiger partial charge in [-0.25, -0.2) is 13.1 Å². The highest BCUT2D eigenvalue weighted by atomic mass is 35.5. The number of carbonyl (C=O) groups is 1. The Kier molecular flexibility index (Phi) is 6.52. The Morgan fingerprint density at radius 2 is 1.63 bits per heavy atom. The lowest BCUT2D eigenvalue weighted by Gasteiger charge is -2.29. The summed E-state index contributed by atoms with van der Waals surface area (Å²) in [5.74, 6) is -0.0367. The Bertz CT molecular complexity index is 864. The van der Waals surface area contributed by atoms with E-state index in [9.17, 15) is 13.2 Å². The minimum atomic E-state index is -3.75. The van der Waals surface area contributed by atoms with E-state index in [4.69, 9.17) is 11.6 Å². The van der Waals surface area contributed by atoms with Crippen LogP contribution in [0.1, 0.15) is 37.3 Å². The molecule has 0 unspecified atom stereocenters. The lowest BCUT2D eigenvalue weighted by Crippen LogP contribution is -2.39. The van der Waals surface area contributed by atoms with Gasteiger partial charge in [-0.1, -0.05) is 41.9 Å². The molecular formula is C20H23ClN2O3S. The standard InChI is InChI=1S/C20H23ClN2O3S/c21-17-11-9-16(10-12-17)19(15-20(24)23-13-5-2-6-14-23)22-27(25,26)18-7-3-1-4-8-18/h1,3-4,7-12,19,22H,2,5-6,13-15H2/t19-/m0/s1. The maximum atomic E-state index is 12.8. The van der Waals surface area contributed by atoms with E-state index in [2.05, 4.69) is 4.72 Å². The van der Waals surface area contributed by atoms with Crippen LogP contribution >= 0.6 is 11.6 Å². The second kappa shape index (κ2) is 8.87. The normalized spacial score (nSPS) is 16.1. The molecule has 0 aromatic heterocycles. The zero-order valence-corrected chi connectivity index (χ0v) is 16.5. The number of hydrogen-bond acceptors (Lipinski definition) is 3. The zero-order valence-electron chi connectivity index (χ0n) is 15.0. The quantitative estimate of drug-likeness (QED) is 0.794. The van der Waals surface area contributed by atoms with Gasteiger partial charge < -0.3 is 4.90 Å². The van der Waals surface area contributed by atoms with Crippen molar-refractivity contribution in [3.8, 4) is 0 Å². The number of nitrogens with one attached hydrogen (secondary N) is 1. The number of carbonyl (C=O) groups excluding carboxylic acids is 1. The van der Waals surface area contributed by atoms with E-state index in [1.54, 1.807) is 42.5 Å². The van der Waals surface area contributed by atoms with E-state index in [1.807, 2.05) is 4.90 Å². The number of amides is 1. The number of nitrogens with zero attached hydrogens (tertiary/aromatic N) is 1. The summed E-state index contributed by atoms with van der Waals surface area (Å²) < 4.78 is 28.3. The fraction of sp³-hybridized carbons (Fsp3) is 0.350. The number of benzene rings is 2. The molecule has 1 aliphatic rings. The molecule has 1 atom stereocenters. The summed E-state index contributed by atoms with van der Waals surface area (Å²) in [4.78, 5) is 14.7. The predicted octanol–water partition coefficient (Wildman–Crippen LogP) is 3.76. The highest BCUT2D eigenvalue weighted by Gasteiger charge is 2.26. The summed E-state index contributed by atoms with van der Waals surface area (Å²) in [6.07, 6.45) is 3.19. The fourth-order valence-electron chi connectivity index (χ4n) is 3.22. The third-order valence-electron chi connectivity index (χ3n) is 4.71. The molecule has 1 amide bonds. The Balaban J connectivity index is 1.83. The van der Waals surface area contributed by atoms with Gasteiger partial charge in [-0.15, -0.1) is 0 Å². The lowest BCUT2D eigenvalue weighted by atomic mass is 10.0. The maximum absolute atomic E-state index is 12.8. The first-order valence-electron chi connectivity index (χ1n) is 9.06. The Morgan fingerprint density at radius 3 is 2.26 bits per heavy atom. The Hall–Kier alpha value is -1.89. The summed E-state index contributed by atoms with van der Waals surface area (Å²) in [6, 6.07) is 14.4. The van der Waals surface area contributed by atoms with Gasteiger partial charge in [0.1, 0.15) is 0 Å². The average Bonchev–Trinajstić information content (AvgIpc) is 2.69. The van der Waals surface area contributed by atoms with Crippen molar-refractivity contribution in [2.75, 3.05) is 13.1 Å². The molecule has 1 aliphatic heterocycles. The van der Waals surface area contributed by atoms with Crippen molar-refractivity contribution in [1.29, 1.82) is 0 Å². The van der Waals surface area contributed by atoms with Crippen LogP contribution in [0.5, 0.6) is 0 Å². The first-order valence-corrected chi connectivity index (χ1v) is 10.9. The van der Waals surface area contributed by atoms with Gasteiger partial charge in [-0.05, 0) is 49.1 Å². The highest BCUT2D eigenvalue weighted by molar-refractivity contribution is 7.89. The molecule has 5 nitrogen and oxygen atoms in total. The van der Waals surface area contributed by atoms with Gasteiger partial charge in [0.25, 0.3) is 0 Å². The molecule has 3 rings (SSSR count). The maximum Gasteiger partial charge on any atom is 0.241 e. The molecule has 7 heteroatoms. The average molecular weight is 407 g/mol. The zero-order chi connectivity index (χ0) is 19.3. The van der Waals surface area contributed by atoms with Gasteiger partial charge >= 0.3 is 0 Å². The summed E-state index contributed by atoms with van der Waals surface area (Å²) in [5.41, 5.74) is 0.712. The van der Waals surface area contributed by atoms with Gasteiger partial charge in [0.2, 0.25) is 15.9 Å². The minimum absolute atomic E-state index is 0.0367. The van der Waals surface area contributed by atoms with Crippen LogP contribution in [0.15, 0.2) is 59.5 Å². The number of hydrogen-bond donors (Lipinski definition) is 1. The van der Waals surface area contributed by atoms with Crippen LogP contribution in [0.2, 0.25) is 5.02 Å². The smallest absolute Gasteiger partial charge is 0.241 e. The van der Waals surface area contributed by atoms with E-state index < -0.39 is 16.1 Å². The van der Waals surface area contributed by atoms with E-state index in [-0.39, 0.29) is 17.2 Å². The number of likely N-dealkylation sites (tertiary alicyclic amines) is 1. The predicted molar refractivity (Wildman–Crippen MR) is 106 cm³/mol. The molecule has 0 bridgehead atoms. The minimum Gasteiger partial charge on any atom is -0.343 e. The largest absolute Gasteiger partial charge is 0.343 e. The van der Waals surface area contributed by atoms with Crippen molar-refractivity contribution in [2.45, 2.75) is 36.6 Å². The van der Waals surface area contributed by atoms with Crippen molar-refractivity contribution < 1.29 is 13.2 Å². The van der Waals surface area contributed by atoms with Gasteiger partial charge in [0.15, 0.2) is 0 Å². The second-order valence-corrected chi connectivity index (χ2v) is 8.83. The molecule has 0 spiro atoms. The van der Waals surface area contributed by atoms with Crippen molar-refractivity contribution in [1.82, 2.24) is 9.62 Å².